The minimum atomic E-state index is -0.0360. The largest absolute Gasteiger partial charge is 0.331 e. The summed E-state index contributed by atoms with van der Waals surface area (Å²) in [7, 11) is 0. The first-order valence-electron chi connectivity index (χ1n) is 17.8. The summed E-state index contributed by atoms with van der Waals surface area (Å²) in [5.41, 5.74) is 15.0. The van der Waals surface area contributed by atoms with Crippen molar-refractivity contribution < 1.29 is 0 Å². The molecule has 2 unspecified atom stereocenters. The van der Waals surface area contributed by atoms with Gasteiger partial charge in [-0.2, -0.15) is 0 Å². The number of para-hydroxylation sites is 6. The molecule has 1 aliphatic carbocycles. The summed E-state index contributed by atoms with van der Waals surface area (Å²) >= 11 is 0. The standard InChI is InChI=1S/C45H40N4/c1-44-27-14-15-28-45(44,2)49-41-30-36(46(33-18-6-3-7-19-33)34-20-8-4-9-21-34)29-40-43(41)48(39-26-16-17-32(31-44)42(39)49)38-25-13-12-24-37(38)47(40)35-22-10-5-11-23-35/h3-13,16-26,29-30H,14-15,27-28,31H2,1-2H3. The van der Waals surface area contributed by atoms with E-state index in [0.29, 0.717) is 0 Å². The van der Waals surface area contributed by atoms with E-state index < -0.39 is 0 Å². The molecule has 0 radical (unpaired) electrons. The van der Waals surface area contributed by atoms with Crippen LogP contribution >= 0.6 is 0 Å². The third-order valence-corrected chi connectivity index (χ3v) is 12.0. The molecule has 0 spiro atoms. The van der Waals surface area contributed by atoms with Gasteiger partial charge in [-0.25, -0.2) is 0 Å². The molecule has 3 heterocycles. The molecule has 4 nitrogen and oxygen atoms in total. The average molecular weight is 637 g/mol. The van der Waals surface area contributed by atoms with Gasteiger partial charge in [0.1, 0.15) is 0 Å². The van der Waals surface area contributed by atoms with Crippen LogP contribution < -0.4 is 19.6 Å². The van der Waals surface area contributed by atoms with E-state index in [1.165, 1.54) is 71.1 Å². The van der Waals surface area contributed by atoms with Crippen LogP contribution in [0.2, 0.25) is 0 Å². The lowest BCUT2D eigenvalue weighted by molar-refractivity contribution is 0.0862. The normalized spacial score (nSPS) is 21.3. The van der Waals surface area contributed by atoms with Crippen molar-refractivity contribution in [3.8, 4) is 0 Å². The number of fused-ring (bicyclic) bond motifs is 6. The molecule has 6 aromatic carbocycles. The van der Waals surface area contributed by atoms with E-state index >= 15 is 0 Å². The quantitative estimate of drug-likeness (QED) is 0.191. The lowest BCUT2D eigenvalue weighted by atomic mass is 9.57. The maximum atomic E-state index is 2.81. The highest BCUT2D eigenvalue weighted by molar-refractivity contribution is 6.13. The molecule has 0 amide bonds. The van der Waals surface area contributed by atoms with Gasteiger partial charge in [-0.15, -0.1) is 0 Å². The molecule has 0 saturated heterocycles. The predicted octanol–water partition coefficient (Wildman–Crippen LogP) is 12.8. The Morgan fingerprint density at radius 2 is 1.06 bits per heavy atom. The Morgan fingerprint density at radius 3 is 1.76 bits per heavy atom. The fourth-order valence-corrected chi connectivity index (χ4v) is 9.52. The van der Waals surface area contributed by atoms with Crippen LogP contribution in [0.5, 0.6) is 0 Å². The summed E-state index contributed by atoms with van der Waals surface area (Å²) in [6.45, 7) is 5.13. The van der Waals surface area contributed by atoms with Crippen LogP contribution in [0.3, 0.4) is 0 Å². The molecule has 1 saturated carbocycles. The highest BCUT2D eigenvalue weighted by Crippen LogP contribution is 2.69. The first kappa shape index (κ1) is 28.5. The topological polar surface area (TPSA) is 13.0 Å². The summed E-state index contributed by atoms with van der Waals surface area (Å²) in [5.74, 6) is 0. The van der Waals surface area contributed by atoms with Gasteiger partial charge in [0.15, 0.2) is 0 Å². The van der Waals surface area contributed by atoms with Crippen LogP contribution in [-0.2, 0) is 6.42 Å². The van der Waals surface area contributed by atoms with E-state index in [0.717, 1.165) is 29.2 Å². The van der Waals surface area contributed by atoms with E-state index in [-0.39, 0.29) is 11.0 Å². The summed E-state index contributed by atoms with van der Waals surface area (Å²) in [4.78, 5) is 10.3. The number of rotatable bonds is 4. The average Bonchev–Trinajstić information content (AvgIpc) is 3.14. The van der Waals surface area contributed by atoms with Gasteiger partial charge in [0.05, 0.1) is 45.5 Å². The molecule has 4 aliphatic rings. The van der Waals surface area contributed by atoms with Gasteiger partial charge < -0.3 is 19.6 Å². The maximum Gasteiger partial charge on any atom is 0.0946 e. The molecule has 49 heavy (non-hydrogen) atoms. The Labute approximate surface area is 289 Å². The van der Waals surface area contributed by atoms with E-state index in [2.05, 4.69) is 179 Å². The van der Waals surface area contributed by atoms with Gasteiger partial charge in [-0.1, -0.05) is 98.6 Å². The number of hydrogen-bond donors (Lipinski definition) is 0. The van der Waals surface area contributed by atoms with Crippen molar-refractivity contribution in [3.05, 3.63) is 151 Å². The summed E-state index contributed by atoms with van der Waals surface area (Å²) in [5, 5.41) is 0. The van der Waals surface area contributed by atoms with Crippen molar-refractivity contribution in [1.29, 1.82) is 0 Å². The molecule has 0 N–H and O–H groups in total. The second kappa shape index (κ2) is 10.5. The van der Waals surface area contributed by atoms with Crippen LogP contribution in [0.4, 0.5) is 62.6 Å². The molecule has 0 bridgehead atoms. The molecular formula is C45H40N4. The van der Waals surface area contributed by atoms with Gasteiger partial charge in [0.2, 0.25) is 0 Å². The van der Waals surface area contributed by atoms with Crippen molar-refractivity contribution in [2.75, 3.05) is 19.6 Å². The molecule has 1 fully saturated rings. The summed E-state index contributed by atoms with van der Waals surface area (Å²) in [6, 6.07) is 53.5. The molecule has 10 rings (SSSR count). The molecule has 3 aliphatic heterocycles. The Balaban J connectivity index is 1.34. The van der Waals surface area contributed by atoms with Crippen molar-refractivity contribution in [1.82, 2.24) is 0 Å². The number of benzene rings is 6. The van der Waals surface area contributed by atoms with E-state index in [4.69, 9.17) is 0 Å². The van der Waals surface area contributed by atoms with Crippen LogP contribution in [0, 0.1) is 5.41 Å². The second-order valence-electron chi connectivity index (χ2n) is 14.7. The Bertz CT molecular complexity index is 2180. The first-order chi connectivity index (χ1) is 24.1. The molecule has 4 heteroatoms. The van der Waals surface area contributed by atoms with E-state index in [9.17, 15) is 0 Å². The van der Waals surface area contributed by atoms with Crippen molar-refractivity contribution >= 4 is 62.6 Å². The third-order valence-electron chi connectivity index (χ3n) is 12.0. The fourth-order valence-electron chi connectivity index (χ4n) is 9.52. The Kier molecular flexibility index (Phi) is 6.12. The number of nitrogens with zero attached hydrogens (tertiary/aromatic N) is 4. The van der Waals surface area contributed by atoms with Crippen LogP contribution in [-0.4, -0.2) is 5.54 Å². The van der Waals surface area contributed by atoms with Crippen molar-refractivity contribution in [2.24, 2.45) is 5.41 Å². The summed E-state index contributed by atoms with van der Waals surface area (Å²) < 4.78 is 0. The van der Waals surface area contributed by atoms with Gasteiger partial charge in [0, 0.05) is 22.6 Å². The van der Waals surface area contributed by atoms with Crippen LogP contribution in [0.15, 0.2) is 146 Å². The van der Waals surface area contributed by atoms with Crippen molar-refractivity contribution in [2.45, 2.75) is 51.5 Å². The Morgan fingerprint density at radius 1 is 0.490 bits per heavy atom. The predicted molar refractivity (Wildman–Crippen MR) is 205 cm³/mol. The van der Waals surface area contributed by atoms with Gasteiger partial charge in [-0.05, 0) is 104 Å². The number of hydrogen-bond acceptors (Lipinski definition) is 4. The third kappa shape index (κ3) is 3.98. The van der Waals surface area contributed by atoms with E-state index in [1.807, 2.05) is 0 Å². The number of anilines is 11. The molecular weight excluding hydrogens is 597 g/mol. The molecule has 6 aromatic rings. The first-order valence-corrected chi connectivity index (χ1v) is 17.8. The highest BCUT2D eigenvalue weighted by Gasteiger charge is 2.57. The minimum Gasteiger partial charge on any atom is -0.331 e. The monoisotopic (exact) mass is 636 g/mol. The van der Waals surface area contributed by atoms with E-state index in [1.54, 1.807) is 0 Å². The Hall–Kier alpha value is -5.48. The maximum absolute atomic E-state index is 2.81. The second-order valence-corrected chi connectivity index (χ2v) is 14.7. The van der Waals surface area contributed by atoms with Crippen molar-refractivity contribution in [3.63, 3.8) is 0 Å². The lowest BCUT2D eigenvalue weighted by Gasteiger charge is -2.63. The highest BCUT2D eigenvalue weighted by atomic mass is 15.4. The minimum absolute atomic E-state index is 0.0360. The van der Waals surface area contributed by atoms with Crippen LogP contribution in [0.1, 0.15) is 45.1 Å². The fraction of sp³-hybridized carbons (Fsp3) is 0.200. The van der Waals surface area contributed by atoms with Crippen LogP contribution in [0.25, 0.3) is 0 Å². The summed E-state index contributed by atoms with van der Waals surface area (Å²) in [6.07, 6.45) is 6.08. The van der Waals surface area contributed by atoms with Gasteiger partial charge in [0.25, 0.3) is 0 Å². The molecule has 0 aromatic heterocycles. The zero-order chi connectivity index (χ0) is 32.7. The zero-order valence-electron chi connectivity index (χ0n) is 28.2. The zero-order valence-corrected chi connectivity index (χ0v) is 28.2. The lowest BCUT2D eigenvalue weighted by Crippen LogP contribution is -2.61. The SMILES string of the molecule is CC12CCCCC1(C)N1c3cc(N(c4ccccc4)c4ccccc4)cc4c3N(c3ccccc3N4c3ccccc3)c3cccc(c31)C2. The van der Waals surface area contributed by atoms with Gasteiger partial charge in [-0.3, -0.25) is 0 Å². The van der Waals surface area contributed by atoms with Gasteiger partial charge >= 0.3 is 0 Å². The molecule has 2 atom stereocenters. The molecule has 240 valence electrons. The smallest absolute Gasteiger partial charge is 0.0946 e.